The van der Waals surface area contributed by atoms with Crippen LogP contribution in [-0.4, -0.2) is 30.1 Å². The maximum atomic E-state index is 13.6. The van der Waals surface area contributed by atoms with Gasteiger partial charge < -0.3 is 9.84 Å². The molecule has 0 bridgehead atoms. The van der Waals surface area contributed by atoms with Gasteiger partial charge in [-0.25, -0.2) is 9.96 Å². The minimum absolute atomic E-state index is 0.0108. The number of hydrogen-bond acceptors (Lipinski definition) is 6. The Hall–Kier alpha value is -3.36. The van der Waals surface area contributed by atoms with Gasteiger partial charge in [-0.15, -0.1) is 0 Å². The van der Waals surface area contributed by atoms with Gasteiger partial charge in [-0.05, 0) is 54.1 Å². The van der Waals surface area contributed by atoms with Crippen molar-refractivity contribution in [1.82, 2.24) is 0 Å². The van der Waals surface area contributed by atoms with Crippen molar-refractivity contribution in [3.63, 3.8) is 0 Å². The topological polar surface area (TPSA) is 79.3 Å². The number of aromatic hydroxyl groups is 1. The lowest BCUT2D eigenvalue weighted by Gasteiger charge is -2.29. The van der Waals surface area contributed by atoms with Crippen molar-refractivity contribution in [2.24, 2.45) is 5.92 Å². The fourth-order valence-corrected chi connectivity index (χ4v) is 4.54. The van der Waals surface area contributed by atoms with Gasteiger partial charge in [-0.3, -0.25) is 14.4 Å². The maximum Gasteiger partial charge on any atom is 0.266 e. The van der Waals surface area contributed by atoms with Crippen LogP contribution in [-0.2, 0) is 14.4 Å². The quantitative estimate of drug-likeness (QED) is 0.547. The number of rotatable bonds is 4. The molecule has 3 atom stereocenters. The van der Waals surface area contributed by atoms with Crippen LogP contribution in [0.25, 0.3) is 0 Å². The third kappa shape index (κ3) is 3.23. The summed E-state index contributed by atoms with van der Waals surface area (Å²) < 4.78 is 6.12. The number of carbonyl (C=O) groups excluding carboxylic acids is 2. The first kappa shape index (κ1) is 20.5. The Morgan fingerprint density at radius 1 is 0.938 bits per heavy atom. The maximum absolute atomic E-state index is 13.6. The Morgan fingerprint density at radius 3 is 2.34 bits per heavy atom. The summed E-state index contributed by atoms with van der Waals surface area (Å²) in [5, 5.41) is 11.7. The van der Waals surface area contributed by atoms with Crippen LogP contribution in [0.2, 0.25) is 0 Å². The summed E-state index contributed by atoms with van der Waals surface area (Å²) in [4.78, 5) is 34.2. The second kappa shape index (κ2) is 7.96. The molecule has 2 heterocycles. The molecular formula is C24H19BrN2O5. The van der Waals surface area contributed by atoms with Crippen LogP contribution in [0.4, 0.5) is 11.4 Å². The predicted molar refractivity (Wildman–Crippen MR) is 121 cm³/mol. The van der Waals surface area contributed by atoms with Gasteiger partial charge in [0.2, 0.25) is 5.91 Å². The molecule has 0 unspecified atom stereocenters. The number of methoxy groups -OCH3 is 1. The highest BCUT2D eigenvalue weighted by Gasteiger charge is 2.60. The first-order valence-corrected chi connectivity index (χ1v) is 10.8. The molecule has 3 aromatic rings. The van der Waals surface area contributed by atoms with Gasteiger partial charge in [0.1, 0.15) is 5.92 Å². The van der Waals surface area contributed by atoms with E-state index in [0.717, 1.165) is 10.2 Å². The monoisotopic (exact) mass is 494 g/mol. The first-order valence-electron chi connectivity index (χ1n) is 10.0. The van der Waals surface area contributed by atoms with Crippen LogP contribution < -0.4 is 14.7 Å². The number of nitrogens with zero attached hydrogens (tertiary/aromatic N) is 2. The van der Waals surface area contributed by atoms with Gasteiger partial charge >= 0.3 is 0 Å². The molecule has 1 N–H and O–H groups in total. The van der Waals surface area contributed by atoms with E-state index in [1.165, 1.54) is 18.1 Å². The van der Waals surface area contributed by atoms with Crippen LogP contribution in [0.5, 0.6) is 11.5 Å². The molecule has 2 amide bonds. The summed E-state index contributed by atoms with van der Waals surface area (Å²) in [7, 11) is 1.46. The van der Waals surface area contributed by atoms with Gasteiger partial charge in [-0.1, -0.05) is 40.2 Å². The Balaban J connectivity index is 1.60. The number of phenols is 1. The van der Waals surface area contributed by atoms with Crippen molar-refractivity contribution in [3.8, 4) is 11.5 Å². The number of phenolic OH excluding ortho intramolecular Hbond substituents is 1. The number of para-hydroxylation sites is 1. The molecule has 0 saturated carbocycles. The SMILES string of the molecule is COc1cc([C@H]2[C@H]3C(=O)N(c4ccc(Br)cc4)C(=O)[C@H]3ON2c2ccccc2)ccc1O. The second-order valence-electron chi connectivity index (χ2n) is 7.58. The summed E-state index contributed by atoms with van der Waals surface area (Å²) in [6.45, 7) is 0. The van der Waals surface area contributed by atoms with Crippen molar-refractivity contribution in [1.29, 1.82) is 0 Å². The number of anilines is 2. The van der Waals surface area contributed by atoms with E-state index in [1.54, 1.807) is 41.5 Å². The molecule has 162 valence electrons. The predicted octanol–water partition coefficient (Wildman–Crippen LogP) is 4.21. The van der Waals surface area contributed by atoms with E-state index in [-0.39, 0.29) is 17.4 Å². The van der Waals surface area contributed by atoms with Crippen LogP contribution in [0.3, 0.4) is 0 Å². The first-order chi connectivity index (χ1) is 15.5. The normalized spacial score (nSPS) is 22.4. The molecule has 2 aliphatic heterocycles. The van der Waals surface area contributed by atoms with E-state index in [2.05, 4.69) is 15.9 Å². The van der Waals surface area contributed by atoms with E-state index in [4.69, 9.17) is 9.57 Å². The van der Waals surface area contributed by atoms with Crippen molar-refractivity contribution in [2.45, 2.75) is 12.1 Å². The van der Waals surface area contributed by atoms with Crippen LogP contribution in [0.1, 0.15) is 11.6 Å². The van der Waals surface area contributed by atoms with Gasteiger partial charge in [-0.2, -0.15) is 0 Å². The number of fused-ring (bicyclic) bond motifs is 1. The Kier molecular flexibility index (Phi) is 5.11. The molecule has 2 aliphatic rings. The second-order valence-corrected chi connectivity index (χ2v) is 8.49. The summed E-state index contributed by atoms with van der Waals surface area (Å²) in [5.41, 5.74) is 1.90. The number of imide groups is 1. The van der Waals surface area contributed by atoms with Crippen LogP contribution in [0.15, 0.2) is 77.3 Å². The Bertz CT molecular complexity index is 1180. The molecule has 7 nitrogen and oxygen atoms in total. The number of amides is 2. The number of halogens is 1. The average molecular weight is 495 g/mol. The number of hydrogen-bond donors (Lipinski definition) is 1. The lowest BCUT2D eigenvalue weighted by atomic mass is 9.90. The van der Waals surface area contributed by atoms with Gasteiger partial charge in [0.25, 0.3) is 5.91 Å². The largest absolute Gasteiger partial charge is 0.504 e. The summed E-state index contributed by atoms with van der Waals surface area (Å²) in [6.07, 6.45) is -0.962. The fraction of sp³-hybridized carbons (Fsp3) is 0.167. The number of carbonyl (C=O) groups is 2. The molecular weight excluding hydrogens is 476 g/mol. The summed E-state index contributed by atoms with van der Waals surface area (Å²) in [6, 6.07) is 20.6. The van der Waals surface area contributed by atoms with Crippen molar-refractivity contribution < 1.29 is 24.3 Å². The zero-order valence-electron chi connectivity index (χ0n) is 17.0. The number of ether oxygens (including phenoxy) is 1. The molecule has 5 rings (SSSR count). The van der Waals surface area contributed by atoms with Crippen molar-refractivity contribution >= 4 is 39.1 Å². The highest BCUT2D eigenvalue weighted by Crippen LogP contribution is 2.48. The van der Waals surface area contributed by atoms with E-state index >= 15 is 0 Å². The fourth-order valence-electron chi connectivity index (χ4n) is 4.28. The van der Waals surface area contributed by atoms with Gasteiger partial charge in [0.05, 0.1) is 24.5 Å². The lowest BCUT2D eigenvalue weighted by molar-refractivity contribution is -0.126. The van der Waals surface area contributed by atoms with Gasteiger partial charge in [0, 0.05) is 4.47 Å². The summed E-state index contributed by atoms with van der Waals surface area (Å²) in [5.74, 6) is -1.24. The molecule has 0 radical (unpaired) electrons. The molecule has 0 aliphatic carbocycles. The molecule has 32 heavy (non-hydrogen) atoms. The number of benzene rings is 3. The third-order valence-electron chi connectivity index (χ3n) is 5.76. The van der Waals surface area contributed by atoms with Crippen LogP contribution >= 0.6 is 15.9 Å². The van der Waals surface area contributed by atoms with E-state index < -0.39 is 24.0 Å². The number of hydroxylamine groups is 1. The highest BCUT2D eigenvalue weighted by atomic mass is 79.9. The van der Waals surface area contributed by atoms with E-state index in [9.17, 15) is 14.7 Å². The molecule has 0 aromatic heterocycles. The van der Waals surface area contributed by atoms with Crippen LogP contribution in [0, 0.1) is 5.92 Å². The Morgan fingerprint density at radius 2 is 1.66 bits per heavy atom. The van der Waals surface area contributed by atoms with E-state index in [1.807, 2.05) is 30.3 Å². The smallest absolute Gasteiger partial charge is 0.266 e. The zero-order chi connectivity index (χ0) is 22.4. The standard InChI is InChI=1S/C24H19BrN2O5/c1-31-19-13-14(7-12-18(19)28)21-20-22(32-27(21)17-5-3-2-4-6-17)24(30)26(23(20)29)16-10-8-15(25)9-11-16/h2-13,20-22,28H,1H3/t20-,21+,22+/m1/s1. The summed E-state index contributed by atoms with van der Waals surface area (Å²) >= 11 is 3.37. The van der Waals surface area contributed by atoms with Crippen molar-refractivity contribution in [3.05, 3.63) is 82.8 Å². The third-order valence-corrected chi connectivity index (χ3v) is 6.28. The Labute approximate surface area is 192 Å². The van der Waals surface area contributed by atoms with Crippen molar-refractivity contribution in [2.75, 3.05) is 17.1 Å². The lowest BCUT2D eigenvalue weighted by Crippen LogP contribution is -2.37. The zero-order valence-corrected chi connectivity index (χ0v) is 18.6. The average Bonchev–Trinajstić information content (AvgIpc) is 3.32. The van der Waals surface area contributed by atoms with E-state index in [0.29, 0.717) is 11.3 Å². The minimum atomic E-state index is -0.962. The molecule has 8 heteroatoms. The molecule has 3 aromatic carbocycles. The molecule has 0 spiro atoms. The highest BCUT2D eigenvalue weighted by molar-refractivity contribution is 9.10. The molecule has 2 saturated heterocycles. The van der Waals surface area contributed by atoms with Gasteiger partial charge in [0.15, 0.2) is 17.6 Å². The minimum Gasteiger partial charge on any atom is -0.504 e. The molecule has 2 fully saturated rings.